The van der Waals surface area contributed by atoms with E-state index in [-0.39, 0.29) is 11.3 Å². The number of carbonyl (C=O) groups excluding carboxylic acids is 1. The van der Waals surface area contributed by atoms with Crippen molar-refractivity contribution in [3.8, 4) is 5.75 Å². The minimum Gasteiger partial charge on any atom is -0.492 e. The Bertz CT molecular complexity index is 630. The van der Waals surface area contributed by atoms with E-state index >= 15 is 0 Å². The van der Waals surface area contributed by atoms with E-state index in [9.17, 15) is 4.79 Å². The highest BCUT2D eigenvalue weighted by molar-refractivity contribution is 7.10. The van der Waals surface area contributed by atoms with Gasteiger partial charge in [0.25, 0.3) is 0 Å². The Morgan fingerprint density at radius 2 is 2.00 bits per heavy atom. The summed E-state index contributed by atoms with van der Waals surface area (Å²) in [6.07, 6.45) is 4.07. The second-order valence-electron chi connectivity index (χ2n) is 5.65. The molecule has 0 unspecified atom stereocenters. The molecule has 0 saturated heterocycles. The smallest absolute Gasteiger partial charge is 0.235 e. The van der Waals surface area contributed by atoms with E-state index in [0.29, 0.717) is 6.61 Å². The number of benzene rings is 1. The third-order valence-electron chi connectivity index (χ3n) is 4.32. The molecule has 1 aromatic heterocycles. The van der Waals surface area contributed by atoms with E-state index in [1.165, 1.54) is 4.88 Å². The quantitative estimate of drug-likeness (QED) is 0.876. The maximum atomic E-state index is 13.0. The molecule has 1 fully saturated rings. The Hall–Kier alpha value is -1.81. The molecule has 22 heavy (non-hydrogen) atoms. The summed E-state index contributed by atoms with van der Waals surface area (Å²) in [6.45, 7) is 2.53. The molecular weight excluding hydrogens is 294 g/mol. The van der Waals surface area contributed by atoms with Crippen LogP contribution in [0.5, 0.6) is 5.75 Å². The highest BCUT2D eigenvalue weighted by atomic mass is 32.1. The van der Waals surface area contributed by atoms with E-state index in [1.807, 2.05) is 37.3 Å². The lowest BCUT2D eigenvalue weighted by atomic mass is 9.83. The number of rotatable bonds is 5. The van der Waals surface area contributed by atoms with Crippen molar-refractivity contribution in [3.63, 3.8) is 0 Å². The van der Waals surface area contributed by atoms with Crippen LogP contribution >= 0.6 is 11.3 Å². The summed E-state index contributed by atoms with van der Waals surface area (Å²) < 4.78 is 5.61. The lowest BCUT2D eigenvalue weighted by Crippen LogP contribution is -2.37. The highest BCUT2D eigenvalue weighted by Gasteiger charge is 2.43. The number of thiophene rings is 1. The van der Waals surface area contributed by atoms with Gasteiger partial charge in [-0.2, -0.15) is 0 Å². The molecule has 1 aliphatic carbocycles. The summed E-state index contributed by atoms with van der Waals surface area (Å²) in [5.74, 6) is 0.831. The molecule has 1 amide bonds. The molecule has 2 aromatic rings. The van der Waals surface area contributed by atoms with Crippen LogP contribution in [0.4, 0.5) is 5.69 Å². The van der Waals surface area contributed by atoms with Crippen molar-refractivity contribution in [1.82, 2.24) is 0 Å². The summed E-state index contributed by atoms with van der Waals surface area (Å²) in [5.41, 5.74) is 0.394. The Morgan fingerprint density at radius 1 is 1.23 bits per heavy atom. The van der Waals surface area contributed by atoms with E-state index in [1.54, 1.807) is 11.3 Å². The molecule has 1 N–H and O–H groups in total. The Labute approximate surface area is 135 Å². The summed E-state index contributed by atoms with van der Waals surface area (Å²) in [4.78, 5) is 14.2. The fraction of sp³-hybridized carbons (Fsp3) is 0.389. The number of ether oxygens (including phenoxy) is 1. The summed E-state index contributed by atoms with van der Waals surface area (Å²) in [6, 6.07) is 11.8. The van der Waals surface area contributed by atoms with Gasteiger partial charge in [0.15, 0.2) is 0 Å². The van der Waals surface area contributed by atoms with Crippen LogP contribution in [-0.4, -0.2) is 12.5 Å². The van der Waals surface area contributed by atoms with Crippen molar-refractivity contribution < 1.29 is 9.53 Å². The average Bonchev–Trinajstić information content (AvgIpc) is 3.21. The van der Waals surface area contributed by atoms with Crippen molar-refractivity contribution in [2.24, 2.45) is 0 Å². The molecule has 3 rings (SSSR count). The van der Waals surface area contributed by atoms with Gasteiger partial charge < -0.3 is 10.1 Å². The van der Waals surface area contributed by atoms with Crippen LogP contribution in [0.2, 0.25) is 0 Å². The molecule has 0 spiro atoms. The second-order valence-corrected chi connectivity index (χ2v) is 6.60. The lowest BCUT2D eigenvalue weighted by Gasteiger charge is -2.27. The van der Waals surface area contributed by atoms with Gasteiger partial charge in [0.2, 0.25) is 5.91 Å². The number of carbonyl (C=O) groups is 1. The van der Waals surface area contributed by atoms with Crippen LogP contribution in [-0.2, 0) is 10.2 Å². The first-order valence-electron chi connectivity index (χ1n) is 7.83. The highest BCUT2D eigenvalue weighted by Crippen LogP contribution is 2.44. The van der Waals surface area contributed by atoms with Gasteiger partial charge in [-0.05, 0) is 43.3 Å². The minimum atomic E-state index is -0.368. The molecule has 1 aromatic carbocycles. The molecular formula is C18H21NO2S. The Kier molecular flexibility index (Phi) is 4.48. The number of para-hydroxylation sites is 2. The van der Waals surface area contributed by atoms with Gasteiger partial charge >= 0.3 is 0 Å². The average molecular weight is 315 g/mol. The number of amides is 1. The van der Waals surface area contributed by atoms with Crippen LogP contribution in [0.3, 0.4) is 0 Å². The predicted octanol–water partition coefficient (Wildman–Crippen LogP) is 4.60. The number of hydrogen-bond acceptors (Lipinski definition) is 3. The Morgan fingerprint density at radius 3 is 2.68 bits per heavy atom. The third-order valence-corrected chi connectivity index (χ3v) is 5.39. The summed E-state index contributed by atoms with van der Waals surface area (Å²) in [5, 5.41) is 5.16. The van der Waals surface area contributed by atoms with Crippen LogP contribution in [0.1, 0.15) is 37.5 Å². The largest absolute Gasteiger partial charge is 0.492 e. The maximum Gasteiger partial charge on any atom is 0.235 e. The first-order valence-corrected chi connectivity index (χ1v) is 8.71. The van der Waals surface area contributed by atoms with Gasteiger partial charge in [-0.15, -0.1) is 11.3 Å². The van der Waals surface area contributed by atoms with E-state index < -0.39 is 0 Å². The van der Waals surface area contributed by atoms with Crippen molar-refractivity contribution >= 4 is 22.9 Å². The van der Waals surface area contributed by atoms with Crippen LogP contribution in [0.25, 0.3) is 0 Å². The minimum absolute atomic E-state index is 0.0969. The normalized spacial score (nSPS) is 16.4. The van der Waals surface area contributed by atoms with Gasteiger partial charge in [-0.3, -0.25) is 4.79 Å². The molecule has 0 aliphatic heterocycles. The number of nitrogens with one attached hydrogen (secondary N) is 1. The molecule has 4 heteroatoms. The molecule has 3 nitrogen and oxygen atoms in total. The number of anilines is 1. The van der Waals surface area contributed by atoms with Crippen molar-refractivity contribution in [2.45, 2.75) is 38.0 Å². The summed E-state index contributed by atoms with van der Waals surface area (Å²) >= 11 is 1.68. The van der Waals surface area contributed by atoms with Crippen molar-refractivity contribution in [1.29, 1.82) is 0 Å². The van der Waals surface area contributed by atoms with Gasteiger partial charge in [0.05, 0.1) is 17.7 Å². The van der Waals surface area contributed by atoms with E-state index in [2.05, 4.69) is 16.8 Å². The summed E-state index contributed by atoms with van der Waals surface area (Å²) in [7, 11) is 0. The topological polar surface area (TPSA) is 38.3 Å². The first kappa shape index (κ1) is 15.1. The molecule has 1 heterocycles. The zero-order chi connectivity index (χ0) is 15.4. The molecule has 0 bridgehead atoms. The first-order chi connectivity index (χ1) is 10.8. The van der Waals surface area contributed by atoms with Gasteiger partial charge in [0, 0.05) is 4.88 Å². The number of hydrogen-bond donors (Lipinski definition) is 1. The SMILES string of the molecule is CCOc1ccccc1NC(=O)C1(c2cccs2)CCCC1. The standard InChI is InChI=1S/C18H21NO2S/c1-2-21-15-9-4-3-8-14(15)19-17(20)18(11-5-6-12-18)16-10-7-13-22-16/h3-4,7-10,13H,2,5-6,11-12H2,1H3,(H,19,20). The molecule has 116 valence electrons. The molecule has 0 atom stereocenters. The van der Waals surface area contributed by atoms with Crippen LogP contribution < -0.4 is 10.1 Å². The molecule has 1 aliphatic rings. The monoisotopic (exact) mass is 315 g/mol. The predicted molar refractivity (Wildman–Crippen MR) is 90.7 cm³/mol. The van der Waals surface area contributed by atoms with Crippen molar-refractivity contribution in [3.05, 3.63) is 46.7 Å². The fourth-order valence-corrected chi connectivity index (χ4v) is 4.19. The zero-order valence-corrected chi connectivity index (χ0v) is 13.6. The fourth-order valence-electron chi connectivity index (χ4n) is 3.21. The van der Waals surface area contributed by atoms with E-state index in [0.717, 1.165) is 37.1 Å². The van der Waals surface area contributed by atoms with E-state index in [4.69, 9.17) is 4.74 Å². The van der Waals surface area contributed by atoms with Crippen LogP contribution in [0, 0.1) is 0 Å². The Balaban J connectivity index is 1.87. The van der Waals surface area contributed by atoms with Gasteiger partial charge in [0.1, 0.15) is 5.75 Å². The van der Waals surface area contributed by atoms with Crippen molar-refractivity contribution in [2.75, 3.05) is 11.9 Å². The van der Waals surface area contributed by atoms with Gasteiger partial charge in [-0.1, -0.05) is 31.0 Å². The molecule has 1 saturated carbocycles. The van der Waals surface area contributed by atoms with Crippen LogP contribution in [0.15, 0.2) is 41.8 Å². The third kappa shape index (κ3) is 2.75. The zero-order valence-electron chi connectivity index (χ0n) is 12.8. The lowest BCUT2D eigenvalue weighted by molar-refractivity contribution is -0.121. The second kappa shape index (κ2) is 6.53. The van der Waals surface area contributed by atoms with Gasteiger partial charge in [-0.25, -0.2) is 0 Å². The molecule has 0 radical (unpaired) electrons. The maximum absolute atomic E-state index is 13.0.